The molecule has 27 heavy (non-hydrogen) atoms. The van der Waals surface area contributed by atoms with Crippen LogP contribution in [-0.4, -0.2) is 27.5 Å². The summed E-state index contributed by atoms with van der Waals surface area (Å²) >= 11 is 0. The highest BCUT2D eigenvalue weighted by atomic mass is 19.1. The van der Waals surface area contributed by atoms with Crippen molar-refractivity contribution >= 4 is 5.91 Å². The van der Waals surface area contributed by atoms with Crippen LogP contribution in [0.5, 0.6) is 5.75 Å². The minimum absolute atomic E-state index is 0.208. The summed E-state index contributed by atoms with van der Waals surface area (Å²) in [5.41, 5.74) is 2.36. The molecule has 7 heteroatoms. The predicted molar refractivity (Wildman–Crippen MR) is 94.7 cm³/mol. The number of carbonyl (C=O) groups excluding carboxylic acids is 1. The van der Waals surface area contributed by atoms with E-state index >= 15 is 0 Å². The summed E-state index contributed by atoms with van der Waals surface area (Å²) in [5.74, 6) is 0.806. The van der Waals surface area contributed by atoms with Crippen molar-refractivity contribution in [3.05, 3.63) is 76.7 Å². The lowest BCUT2D eigenvalue weighted by molar-refractivity contribution is 0.0727. The number of aromatic nitrogens is 2. The lowest BCUT2D eigenvalue weighted by Crippen LogP contribution is -2.36. The normalized spacial score (nSPS) is 13.3. The van der Waals surface area contributed by atoms with E-state index in [4.69, 9.17) is 9.26 Å². The molecular formula is C20H18FN3O3. The van der Waals surface area contributed by atoms with Crippen LogP contribution in [-0.2, 0) is 19.6 Å². The summed E-state index contributed by atoms with van der Waals surface area (Å²) in [4.78, 5) is 18.4. The Morgan fingerprint density at radius 3 is 3.04 bits per heavy atom. The third-order valence-electron chi connectivity index (χ3n) is 4.62. The van der Waals surface area contributed by atoms with Crippen molar-refractivity contribution in [1.82, 2.24) is 15.0 Å². The molecule has 138 valence electrons. The van der Waals surface area contributed by atoms with Gasteiger partial charge in [0.05, 0.1) is 12.7 Å². The Morgan fingerprint density at radius 2 is 2.26 bits per heavy atom. The first-order chi connectivity index (χ1) is 13.1. The largest absolute Gasteiger partial charge is 0.486 e. The molecule has 0 aliphatic carbocycles. The molecule has 1 aliphatic heterocycles. The minimum Gasteiger partial charge on any atom is -0.486 e. The lowest BCUT2D eigenvalue weighted by Gasteiger charge is -2.26. The number of hydrogen-bond acceptors (Lipinski definition) is 5. The molecule has 0 spiro atoms. The second kappa shape index (κ2) is 7.19. The highest BCUT2D eigenvalue weighted by molar-refractivity contribution is 5.94. The SMILES string of the molecule is Cc1ccc(C(=O)N2CCc3onc(COc4cccnc4)c3C2)cc1F. The van der Waals surface area contributed by atoms with Crippen molar-refractivity contribution in [2.45, 2.75) is 26.5 Å². The van der Waals surface area contributed by atoms with Crippen molar-refractivity contribution < 1.29 is 18.4 Å². The first-order valence-electron chi connectivity index (χ1n) is 8.66. The van der Waals surface area contributed by atoms with Crippen molar-refractivity contribution in [2.75, 3.05) is 6.54 Å². The van der Waals surface area contributed by atoms with E-state index in [1.54, 1.807) is 48.5 Å². The molecule has 0 atom stereocenters. The molecule has 1 aromatic carbocycles. The van der Waals surface area contributed by atoms with Gasteiger partial charge in [0.25, 0.3) is 5.91 Å². The fourth-order valence-electron chi connectivity index (χ4n) is 3.04. The smallest absolute Gasteiger partial charge is 0.254 e. The molecule has 0 radical (unpaired) electrons. The minimum atomic E-state index is -0.380. The average Bonchev–Trinajstić information content (AvgIpc) is 3.11. The van der Waals surface area contributed by atoms with Crippen LogP contribution in [0.3, 0.4) is 0 Å². The van der Waals surface area contributed by atoms with E-state index in [9.17, 15) is 9.18 Å². The number of nitrogens with zero attached hydrogens (tertiary/aromatic N) is 3. The van der Waals surface area contributed by atoms with E-state index in [1.165, 1.54) is 6.07 Å². The zero-order chi connectivity index (χ0) is 18.8. The Bertz CT molecular complexity index is 972. The topological polar surface area (TPSA) is 68.5 Å². The number of benzene rings is 1. The molecule has 1 amide bonds. The Kier molecular flexibility index (Phi) is 4.58. The Morgan fingerprint density at radius 1 is 1.37 bits per heavy atom. The second-order valence-corrected chi connectivity index (χ2v) is 6.45. The van der Waals surface area contributed by atoms with Crippen LogP contribution in [0.2, 0.25) is 0 Å². The molecular weight excluding hydrogens is 349 g/mol. The molecule has 0 fully saturated rings. The molecule has 6 nitrogen and oxygen atoms in total. The van der Waals surface area contributed by atoms with Gasteiger partial charge in [0, 0.05) is 30.3 Å². The molecule has 0 bridgehead atoms. The molecule has 2 aromatic heterocycles. The molecule has 4 rings (SSSR count). The first kappa shape index (κ1) is 17.2. The Hall–Kier alpha value is -3.22. The zero-order valence-corrected chi connectivity index (χ0v) is 14.8. The molecule has 0 unspecified atom stereocenters. The summed E-state index contributed by atoms with van der Waals surface area (Å²) < 4.78 is 24.9. The van der Waals surface area contributed by atoms with Gasteiger partial charge in [0.1, 0.15) is 29.6 Å². The van der Waals surface area contributed by atoms with Gasteiger partial charge in [0.2, 0.25) is 0 Å². The second-order valence-electron chi connectivity index (χ2n) is 6.45. The number of carbonyl (C=O) groups is 1. The Labute approximate surface area is 155 Å². The predicted octanol–water partition coefficient (Wildman–Crippen LogP) is 3.29. The van der Waals surface area contributed by atoms with Gasteiger partial charge in [-0.25, -0.2) is 4.39 Å². The van der Waals surface area contributed by atoms with Crippen molar-refractivity contribution in [2.24, 2.45) is 0 Å². The van der Waals surface area contributed by atoms with Gasteiger partial charge in [-0.15, -0.1) is 0 Å². The highest BCUT2D eigenvalue weighted by Crippen LogP contribution is 2.25. The lowest BCUT2D eigenvalue weighted by atomic mass is 10.0. The number of hydrogen-bond donors (Lipinski definition) is 0. The van der Waals surface area contributed by atoms with Gasteiger partial charge < -0.3 is 14.2 Å². The maximum absolute atomic E-state index is 13.8. The highest BCUT2D eigenvalue weighted by Gasteiger charge is 2.28. The summed E-state index contributed by atoms with van der Waals surface area (Å²) in [6.45, 7) is 2.76. The standard InChI is InChI=1S/C20H18FN3O3/c1-13-4-5-14(9-17(13)21)20(25)24-8-6-19-16(11-24)18(23-27-19)12-26-15-3-2-7-22-10-15/h2-5,7,9-10H,6,8,11-12H2,1H3. The maximum Gasteiger partial charge on any atom is 0.254 e. The maximum atomic E-state index is 13.8. The van der Waals surface area contributed by atoms with Crippen LogP contribution >= 0.6 is 0 Å². The molecule has 0 saturated carbocycles. The van der Waals surface area contributed by atoms with Gasteiger partial charge in [-0.2, -0.15) is 0 Å². The van der Waals surface area contributed by atoms with E-state index in [0.29, 0.717) is 42.1 Å². The summed E-state index contributed by atoms with van der Waals surface area (Å²) in [6, 6.07) is 8.14. The molecule has 3 heterocycles. The molecule has 0 saturated heterocycles. The molecule has 3 aromatic rings. The van der Waals surface area contributed by atoms with Crippen LogP contribution in [0.4, 0.5) is 4.39 Å². The van der Waals surface area contributed by atoms with E-state index in [2.05, 4.69) is 10.1 Å². The monoisotopic (exact) mass is 367 g/mol. The molecule has 0 N–H and O–H groups in total. The number of fused-ring (bicyclic) bond motifs is 1. The van der Waals surface area contributed by atoms with Crippen molar-refractivity contribution in [1.29, 1.82) is 0 Å². The first-order valence-corrected chi connectivity index (χ1v) is 8.66. The third-order valence-corrected chi connectivity index (χ3v) is 4.62. The Balaban J connectivity index is 1.49. The van der Waals surface area contributed by atoms with E-state index in [-0.39, 0.29) is 18.3 Å². The zero-order valence-electron chi connectivity index (χ0n) is 14.8. The van der Waals surface area contributed by atoms with E-state index < -0.39 is 0 Å². The van der Waals surface area contributed by atoms with Gasteiger partial charge >= 0.3 is 0 Å². The molecule has 1 aliphatic rings. The fraction of sp³-hybridized carbons (Fsp3) is 0.250. The summed E-state index contributed by atoms with van der Waals surface area (Å²) in [7, 11) is 0. The number of rotatable bonds is 4. The van der Waals surface area contributed by atoms with Crippen LogP contribution in [0, 0.1) is 12.7 Å². The van der Waals surface area contributed by atoms with Crippen molar-refractivity contribution in [3.8, 4) is 5.75 Å². The van der Waals surface area contributed by atoms with Crippen LogP contribution in [0.15, 0.2) is 47.2 Å². The third kappa shape index (κ3) is 3.53. The van der Waals surface area contributed by atoms with Gasteiger partial charge in [-0.1, -0.05) is 11.2 Å². The average molecular weight is 367 g/mol. The number of halogens is 1. The van der Waals surface area contributed by atoms with Gasteiger partial charge in [-0.3, -0.25) is 9.78 Å². The summed E-state index contributed by atoms with van der Waals surface area (Å²) in [5, 5.41) is 4.09. The van der Waals surface area contributed by atoms with Crippen LogP contribution in [0.25, 0.3) is 0 Å². The van der Waals surface area contributed by atoms with E-state index in [1.807, 2.05) is 0 Å². The van der Waals surface area contributed by atoms with Crippen molar-refractivity contribution in [3.63, 3.8) is 0 Å². The number of ether oxygens (including phenoxy) is 1. The van der Waals surface area contributed by atoms with Crippen LogP contribution < -0.4 is 4.74 Å². The van der Waals surface area contributed by atoms with Gasteiger partial charge in [0.15, 0.2) is 0 Å². The number of pyridine rings is 1. The quantitative estimate of drug-likeness (QED) is 0.708. The van der Waals surface area contributed by atoms with E-state index in [0.717, 1.165) is 11.3 Å². The number of aryl methyl sites for hydroxylation is 1. The number of amides is 1. The van der Waals surface area contributed by atoms with Crippen LogP contribution in [0.1, 0.15) is 32.9 Å². The van der Waals surface area contributed by atoms with Gasteiger partial charge in [-0.05, 0) is 36.8 Å². The fourth-order valence-corrected chi connectivity index (χ4v) is 3.04. The summed E-state index contributed by atoms with van der Waals surface area (Å²) in [6.07, 6.45) is 3.85.